The van der Waals surface area contributed by atoms with Crippen LogP contribution in [0.1, 0.15) is 26.7 Å². The number of carbonyl (C=O) groups is 3. The van der Waals surface area contributed by atoms with Gasteiger partial charge in [0.15, 0.2) is 0 Å². The molecule has 2 aromatic carbocycles. The number of alkyl carbamates (subject to hydrolysis) is 1. The number of nitrogens with zero attached hydrogens (tertiary/aromatic N) is 1. The Morgan fingerprint density at radius 3 is 2.67 bits per heavy atom. The summed E-state index contributed by atoms with van der Waals surface area (Å²) in [6.45, 7) is 4.22. The number of hydrogen-bond donors (Lipinski definition) is 2. The van der Waals surface area contributed by atoms with Gasteiger partial charge in [-0.15, -0.1) is 0 Å². The predicted molar refractivity (Wildman–Crippen MR) is 145 cm³/mol. The maximum atomic E-state index is 12.6. The number of fused-ring (bicyclic) bond motifs is 1. The van der Waals surface area contributed by atoms with Gasteiger partial charge < -0.3 is 29.4 Å². The molecule has 0 aliphatic carbocycles. The lowest BCUT2D eigenvalue weighted by molar-refractivity contribution is -0.150. The number of nitrogens with one attached hydrogen (secondary N) is 2. The van der Waals surface area contributed by atoms with Gasteiger partial charge in [0, 0.05) is 23.0 Å². The van der Waals surface area contributed by atoms with E-state index in [1.54, 1.807) is 12.1 Å². The third-order valence-electron chi connectivity index (χ3n) is 6.55. The Hall–Kier alpha value is -4.34. The lowest BCUT2D eigenvalue weighted by atomic mass is 9.96. The van der Waals surface area contributed by atoms with Gasteiger partial charge in [-0.2, -0.15) is 0 Å². The van der Waals surface area contributed by atoms with Crippen LogP contribution in [-0.2, 0) is 19.1 Å². The number of methoxy groups -OCH3 is 1. The molecule has 10 heteroatoms. The number of rotatable bonds is 9. The van der Waals surface area contributed by atoms with E-state index in [9.17, 15) is 19.2 Å². The van der Waals surface area contributed by atoms with Crippen molar-refractivity contribution >= 4 is 28.9 Å². The average molecular weight is 536 g/mol. The Balaban J connectivity index is 1.28. The van der Waals surface area contributed by atoms with Crippen LogP contribution in [0.2, 0.25) is 0 Å². The number of ether oxygens (including phenoxy) is 3. The van der Waals surface area contributed by atoms with Crippen molar-refractivity contribution in [1.29, 1.82) is 0 Å². The number of esters is 1. The fourth-order valence-corrected chi connectivity index (χ4v) is 4.44. The zero-order valence-corrected chi connectivity index (χ0v) is 22.3. The molecule has 1 fully saturated rings. The molecule has 2 heterocycles. The van der Waals surface area contributed by atoms with Crippen LogP contribution < -0.4 is 15.6 Å². The highest BCUT2D eigenvalue weighted by atomic mass is 16.6. The summed E-state index contributed by atoms with van der Waals surface area (Å²) < 4.78 is 16.0. The van der Waals surface area contributed by atoms with Gasteiger partial charge in [-0.1, -0.05) is 44.2 Å². The summed E-state index contributed by atoms with van der Waals surface area (Å²) in [6, 6.07) is 16.1. The first kappa shape index (κ1) is 27.7. The number of benzene rings is 2. The highest BCUT2D eigenvalue weighted by Crippen LogP contribution is 2.25. The Labute approximate surface area is 226 Å². The number of likely N-dealkylation sites (tertiary alicyclic amines) is 1. The Morgan fingerprint density at radius 2 is 1.87 bits per heavy atom. The standard InChI is InChI=1S/C29H33N3O7/c1-29(2,18-39-28(36)30-16-25(33)32-13-7-12-24(32)27(35)37-3)17-38-21-10-6-9-19(14-21)22-15-20-8-4-5-11-23(20)31-26(22)34/h4-6,8-11,14-15,24H,7,12-13,16-18H2,1-3H3,(H,30,36)(H,31,34). The minimum absolute atomic E-state index is 0.0472. The van der Waals surface area contributed by atoms with Crippen LogP contribution in [0.25, 0.3) is 22.0 Å². The van der Waals surface area contributed by atoms with Crippen LogP contribution in [0.3, 0.4) is 0 Å². The summed E-state index contributed by atoms with van der Waals surface area (Å²) in [5, 5.41) is 3.38. The van der Waals surface area contributed by atoms with Crippen LogP contribution >= 0.6 is 0 Å². The minimum Gasteiger partial charge on any atom is -0.493 e. The molecule has 206 valence electrons. The van der Waals surface area contributed by atoms with Crippen LogP contribution in [0, 0.1) is 5.41 Å². The first-order chi connectivity index (χ1) is 18.7. The Bertz CT molecular complexity index is 1420. The second-order valence-corrected chi connectivity index (χ2v) is 10.3. The molecule has 1 aromatic heterocycles. The Morgan fingerprint density at radius 1 is 1.08 bits per heavy atom. The van der Waals surface area contributed by atoms with Crippen LogP contribution in [-0.4, -0.2) is 67.3 Å². The number of carbonyl (C=O) groups excluding carboxylic acids is 3. The maximum absolute atomic E-state index is 12.6. The van der Waals surface area contributed by atoms with Crippen molar-refractivity contribution in [3.63, 3.8) is 0 Å². The second-order valence-electron chi connectivity index (χ2n) is 10.3. The second kappa shape index (κ2) is 12.0. The molecule has 0 spiro atoms. The van der Waals surface area contributed by atoms with E-state index in [1.165, 1.54) is 12.0 Å². The molecule has 2 N–H and O–H groups in total. The summed E-state index contributed by atoms with van der Waals surface area (Å²) in [4.78, 5) is 53.5. The molecule has 3 aromatic rings. The highest BCUT2D eigenvalue weighted by molar-refractivity contribution is 5.88. The average Bonchev–Trinajstić information content (AvgIpc) is 3.43. The van der Waals surface area contributed by atoms with Gasteiger partial charge in [-0.05, 0) is 48.1 Å². The van der Waals surface area contributed by atoms with Crippen LogP contribution in [0.5, 0.6) is 5.75 Å². The monoisotopic (exact) mass is 535 g/mol. The van der Waals surface area contributed by atoms with Gasteiger partial charge in [0.05, 0.1) is 13.7 Å². The zero-order valence-electron chi connectivity index (χ0n) is 22.3. The minimum atomic E-state index is -0.734. The molecule has 0 radical (unpaired) electrons. The Kier molecular flexibility index (Phi) is 8.53. The first-order valence-electron chi connectivity index (χ1n) is 12.8. The number of aromatic amines is 1. The smallest absolute Gasteiger partial charge is 0.407 e. The van der Waals surface area contributed by atoms with E-state index >= 15 is 0 Å². The topological polar surface area (TPSA) is 127 Å². The van der Waals surface area contributed by atoms with E-state index in [2.05, 4.69) is 10.3 Å². The molecule has 39 heavy (non-hydrogen) atoms. The molecule has 0 bridgehead atoms. The van der Waals surface area contributed by atoms with E-state index in [0.29, 0.717) is 30.7 Å². The van der Waals surface area contributed by atoms with E-state index in [0.717, 1.165) is 16.5 Å². The molecule has 10 nitrogen and oxygen atoms in total. The number of aromatic nitrogens is 1. The lowest BCUT2D eigenvalue weighted by Gasteiger charge is -2.25. The maximum Gasteiger partial charge on any atom is 0.407 e. The number of para-hydroxylation sites is 1. The van der Waals surface area contributed by atoms with Gasteiger partial charge in [0.2, 0.25) is 5.91 Å². The molecule has 1 atom stereocenters. The van der Waals surface area contributed by atoms with E-state index in [1.807, 2.05) is 56.3 Å². The van der Waals surface area contributed by atoms with Gasteiger partial charge >= 0.3 is 12.1 Å². The molecule has 0 saturated carbocycles. The van der Waals surface area contributed by atoms with Gasteiger partial charge in [-0.3, -0.25) is 9.59 Å². The van der Waals surface area contributed by atoms with Crippen molar-refractivity contribution in [3.8, 4) is 16.9 Å². The predicted octanol–water partition coefficient (Wildman–Crippen LogP) is 3.49. The summed E-state index contributed by atoms with van der Waals surface area (Å²) in [7, 11) is 1.28. The van der Waals surface area contributed by atoms with Crippen molar-refractivity contribution in [2.45, 2.75) is 32.7 Å². The number of amides is 2. The molecule has 4 rings (SSSR count). The van der Waals surface area contributed by atoms with E-state index in [-0.39, 0.29) is 31.2 Å². The fourth-order valence-electron chi connectivity index (χ4n) is 4.44. The molecule has 1 aliphatic heterocycles. The van der Waals surface area contributed by atoms with Gasteiger partial charge in [0.1, 0.15) is 24.9 Å². The van der Waals surface area contributed by atoms with E-state index < -0.39 is 23.5 Å². The molecule has 2 amide bonds. The fraction of sp³-hybridized carbons (Fsp3) is 0.379. The third-order valence-corrected chi connectivity index (χ3v) is 6.55. The summed E-state index contributed by atoms with van der Waals surface area (Å²) in [5.74, 6) is -0.249. The SMILES string of the molecule is COC(=O)C1CCCN1C(=O)CNC(=O)OCC(C)(C)COc1cccc(-c2cc3ccccc3[nH]c2=O)c1. The summed E-state index contributed by atoms with van der Waals surface area (Å²) >= 11 is 0. The van der Waals surface area contributed by atoms with Crippen molar-refractivity contribution in [2.24, 2.45) is 5.41 Å². The quantitative estimate of drug-likeness (QED) is 0.402. The largest absolute Gasteiger partial charge is 0.493 e. The van der Waals surface area contributed by atoms with Crippen LogP contribution in [0.4, 0.5) is 4.79 Å². The lowest BCUT2D eigenvalue weighted by Crippen LogP contribution is -2.46. The molecule has 1 unspecified atom stereocenters. The highest BCUT2D eigenvalue weighted by Gasteiger charge is 2.34. The third kappa shape index (κ3) is 6.95. The van der Waals surface area contributed by atoms with Crippen LogP contribution in [0.15, 0.2) is 59.4 Å². The summed E-state index contributed by atoms with van der Waals surface area (Å²) in [5.41, 5.74) is 1.32. The number of hydrogen-bond acceptors (Lipinski definition) is 7. The van der Waals surface area contributed by atoms with Gasteiger partial charge in [-0.25, -0.2) is 9.59 Å². The molecule has 1 saturated heterocycles. The molecular weight excluding hydrogens is 502 g/mol. The molecule has 1 aliphatic rings. The molecular formula is C29H33N3O7. The van der Waals surface area contributed by atoms with Gasteiger partial charge in [0.25, 0.3) is 5.56 Å². The van der Waals surface area contributed by atoms with Crippen molar-refractivity contribution in [3.05, 3.63) is 65.0 Å². The summed E-state index contributed by atoms with van der Waals surface area (Å²) in [6.07, 6.45) is 0.507. The first-order valence-corrected chi connectivity index (χ1v) is 12.8. The van der Waals surface area contributed by atoms with E-state index in [4.69, 9.17) is 14.2 Å². The van der Waals surface area contributed by atoms with Crippen molar-refractivity contribution in [2.75, 3.05) is 33.4 Å². The number of pyridine rings is 1. The number of H-pyrrole nitrogens is 1. The van der Waals surface area contributed by atoms with Crippen molar-refractivity contribution < 1.29 is 28.6 Å². The normalized spacial score (nSPS) is 15.2. The van der Waals surface area contributed by atoms with Crippen molar-refractivity contribution in [1.82, 2.24) is 15.2 Å². The zero-order chi connectivity index (χ0) is 28.0.